The van der Waals surface area contributed by atoms with Crippen LogP contribution < -0.4 is 5.73 Å². The Kier molecular flexibility index (Phi) is 2.45. The van der Waals surface area contributed by atoms with Crippen LogP contribution in [0.4, 0.5) is 0 Å². The fraction of sp³-hybridized carbons (Fsp3) is 0.400. The van der Waals surface area contributed by atoms with E-state index in [-0.39, 0.29) is 0 Å². The molecule has 0 radical (unpaired) electrons. The molecule has 0 aromatic carbocycles. The second kappa shape index (κ2) is 3.75. The van der Waals surface area contributed by atoms with Crippen molar-refractivity contribution in [1.82, 2.24) is 14.5 Å². The van der Waals surface area contributed by atoms with Crippen LogP contribution >= 0.6 is 0 Å². The van der Waals surface area contributed by atoms with E-state index < -0.39 is 0 Å². The molecule has 2 N–H and O–H groups in total. The predicted molar refractivity (Wildman–Crippen MR) is 56.0 cm³/mol. The maximum atomic E-state index is 5.54. The Morgan fingerprint density at radius 1 is 1.50 bits per heavy atom. The number of aromatic nitrogens is 3. The second-order valence-electron chi connectivity index (χ2n) is 3.18. The number of nitrogens with zero attached hydrogens (tertiary/aromatic N) is 3. The van der Waals surface area contributed by atoms with Crippen LogP contribution in [0.5, 0.6) is 0 Å². The molecule has 0 fully saturated rings. The molecular formula is C10H14N4. The van der Waals surface area contributed by atoms with E-state index in [0.717, 1.165) is 29.8 Å². The van der Waals surface area contributed by atoms with Gasteiger partial charge in [-0.1, -0.05) is 0 Å². The quantitative estimate of drug-likeness (QED) is 0.784. The van der Waals surface area contributed by atoms with Crippen molar-refractivity contribution in [2.24, 2.45) is 5.73 Å². The van der Waals surface area contributed by atoms with Gasteiger partial charge in [0.15, 0.2) is 0 Å². The first-order chi connectivity index (χ1) is 6.86. The summed E-state index contributed by atoms with van der Waals surface area (Å²) in [5.41, 5.74) is 7.64. The van der Waals surface area contributed by atoms with Gasteiger partial charge in [0.1, 0.15) is 11.3 Å². The van der Waals surface area contributed by atoms with Gasteiger partial charge in [0.05, 0.1) is 11.7 Å². The third kappa shape index (κ3) is 1.37. The molecule has 14 heavy (non-hydrogen) atoms. The zero-order valence-electron chi connectivity index (χ0n) is 8.27. The molecule has 0 spiro atoms. The molecule has 0 aliphatic heterocycles. The summed E-state index contributed by atoms with van der Waals surface area (Å²) in [7, 11) is 0. The first-order valence-electron chi connectivity index (χ1n) is 4.86. The number of hydrogen-bond donors (Lipinski definition) is 1. The van der Waals surface area contributed by atoms with Gasteiger partial charge in [-0.3, -0.25) is 4.98 Å². The molecule has 2 rings (SSSR count). The summed E-state index contributed by atoms with van der Waals surface area (Å²) in [5, 5.41) is 0. The smallest absolute Gasteiger partial charge is 0.111 e. The third-order valence-electron chi connectivity index (χ3n) is 2.31. The lowest BCUT2D eigenvalue weighted by Crippen LogP contribution is -2.09. The van der Waals surface area contributed by atoms with Gasteiger partial charge in [0.25, 0.3) is 0 Å². The maximum Gasteiger partial charge on any atom is 0.111 e. The summed E-state index contributed by atoms with van der Waals surface area (Å²) in [6.45, 7) is 3.67. The number of aryl methyl sites for hydroxylation is 1. The van der Waals surface area contributed by atoms with Crippen LogP contribution in [0.3, 0.4) is 0 Å². The van der Waals surface area contributed by atoms with E-state index >= 15 is 0 Å². The van der Waals surface area contributed by atoms with E-state index in [4.69, 9.17) is 5.73 Å². The SMILES string of the molecule is CCn1c(CCN)nc2cnccc21. The van der Waals surface area contributed by atoms with Gasteiger partial charge in [-0.05, 0) is 19.5 Å². The fourth-order valence-corrected chi connectivity index (χ4v) is 1.70. The monoisotopic (exact) mass is 190 g/mol. The molecule has 0 amide bonds. The van der Waals surface area contributed by atoms with Gasteiger partial charge in [-0.15, -0.1) is 0 Å². The summed E-state index contributed by atoms with van der Waals surface area (Å²) < 4.78 is 2.18. The molecule has 2 heterocycles. The molecule has 2 aromatic rings. The van der Waals surface area contributed by atoms with Crippen LogP contribution in [0.25, 0.3) is 11.0 Å². The van der Waals surface area contributed by atoms with Crippen molar-refractivity contribution in [3.05, 3.63) is 24.3 Å². The van der Waals surface area contributed by atoms with Crippen LogP contribution in [0.1, 0.15) is 12.7 Å². The van der Waals surface area contributed by atoms with Crippen molar-refractivity contribution in [1.29, 1.82) is 0 Å². The van der Waals surface area contributed by atoms with Crippen molar-refractivity contribution >= 4 is 11.0 Å². The minimum absolute atomic E-state index is 0.636. The normalized spacial score (nSPS) is 11.0. The third-order valence-corrected chi connectivity index (χ3v) is 2.31. The van der Waals surface area contributed by atoms with Gasteiger partial charge in [0.2, 0.25) is 0 Å². The standard InChI is InChI=1S/C10H14N4/c1-2-14-9-4-6-12-7-8(9)13-10(14)3-5-11/h4,6-7H,2-3,5,11H2,1H3. The highest BCUT2D eigenvalue weighted by Crippen LogP contribution is 2.14. The molecule has 74 valence electrons. The van der Waals surface area contributed by atoms with E-state index in [9.17, 15) is 0 Å². The predicted octanol–water partition coefficient (Wildman–Crippen LogP) is 0.952. The fourth-order valence-electron chi connectivity index (χ4n) is 1.70. The Bertz CT molecular complexity index is 433. The largest absolute Gasteiger partial charge is 0.330 e. The minimum atomic E-state index is 0.636. The molecule has 0 atom stereocenters. The van der Waals surface area contributed by atoms with Crippen molar-refractivity contribution in [3.8, 4) is 0 Å². The van der Waals surface area contributed by atoms with Crippen LogP contribution in [0, 0.1) is 0 Å². The first-order valence-corrected chi connectivity index (χ1v) is 4.86. The number of nitrogens with two attached hydrogens (primary N) is 1. The van der Waals surface area contributed by atoms with E-state index in [1.165, 1.54) is 0 Å². The topological polar surface area (TPSA) is 56.7 Å². The van der Waals surface area contributed by atoms with Crippen LogP contribution in [0.2, 0.25) is 0 Å². The number of rotatable bonds is 3. The average molecular weight is 190 g/mol. The van der Waals surface area contributed by atoms with E-state index in [2.05, 4.69) is 21.5 Å². The highest BCUT2D eigenvalue weighted by atomic mass is 15.1. The molecular weight excluding hydrogens is 176 g/mol. The Balaban J connectivity index is 2.60. The lowest BCUT2D eigenvalue weighted by atomic mass is 10.4. The van der Waals surface area contributed by atoms with Crippen LogP contribution in [0.15, 0.2) is 18.5 Å². The van der Waals surface area contributed by atoms with Gasteiger partial charge in [-0.2, -0.15) is 0 Å². The van der Waals surface area contributed by atoms with Gasteiger partial charge < -0.3 is 10.3 Å². The van der Waals surface area contributed by atoms with E-state index in [0.29, 0.717) is 6.54 Å². The Hall–Kier alpha value is -1.42. The van der Waals surface area contributed by atoms with Crippen molar-refractivity contribution < 1.29 is 0 Å². The second-order valence-corrected chi connectivity index (χ2v) is 3.18. The average Bonchev–Trinajstić information content (AvgIpc) is 2.55. The summed E-state index contributed by atoms with van der Waals surface area (Å²) in [6.07, 6.45) is 4.41. The van der Waals surface area contributed by atoms with Gasteiger partial charge in [0, 0.05) is 19.2 Å². The Morgan fingerprint density at radius 2 is 2.36 bits per heavy atom. The molecule has 0 unspecified atom stereocenters. The van der Waals surface area contributed by atoms with E-state index in [1.54, 1.807) is 12.4 Å². The number of pyridine rings is 1. The van der Waals surface area contributed by atoms with E-state index in [1.807, 2.05) is 6.07 Å². The Labute approximate surface area is 82.8 Å². The summed E-state index contributed by atoms with van der Waals surface area (Å²) in [6, 6.07) is 1.99. The number of imidazole rings is 1. The minimum Gasteiger partial charge on any atom is -0.330 e. The number of hydrogen-bond acceptors (Lipinski definition) is 3. The molecule has 4 heteroatoms. The molecule has 2 aromatic heterocycles. The Morgan fingerprint density at radius 3 is 3.07 bits per heavy atom. The summed E-state index contributed by atoms with van der Waals surface area (Å²) in [4.78, 5) is 8.55. The highest BCUT2D eigenvalue weighted by molar-refractivity contribution is 5.74. The van der Waals surface area contributed by atoms with Gasteiger partial charge in [-0.25, -0.2) is 4.98 Å². The first kappa shape index (κ1) is 9.15. The van der Waals surface area contributed by atoms with Crippen molar-refractivity contribution in [3.63, 3.8) is 0 Å². The maximum absolute atomic E-state index is 5.54. The zero-order valence-corrected chi connectivity index (χ0v) is 8.27. The lowest BCUT2D eigenvalue weighted by Gasteiger charge is -2.03. The summed E-state index contributed by atoms with van der Waals surface area (Å²) in [5.74, 6) is 1.05. The van der Waals surface area contributed by atoms with Crippen molar-refractivity contribution in [2.75, 3.05) is 6.54 Å². The number of fused-ring (bicyclic) bond motifs is 1. The van der Waals surface area contributed by atoms with Crippen molar-refractivity contribution in [2.45, 2.75) is 19.9 Å². The van der Waals surface area contributed by atoms with Crippen LogP contribution in [-0.2, 0) is 13.0 Å². The lowest BCUT2D eigenvalue weighted by molar-refractivity contribution is 0.711. The molecule has 0 aliphatic carbocycles. The molecule has 4 nitrogen and oxygen atoms in total. The molecule has 0 saturated heterocycles. The van der Waals surface area contributed by atoms with Crippen LogP contribution in [-0.4, -0.2) is 21.1 Å². The molecule has 0 saturated carbocycles. The van der Waals surface area contributed by atoms with Gasteiger partial charge >= 0.3 is 0 Å². The molecule has 0 bridgehead atoms. The highest BCUT2D eigenvalue weighted by Gasteiger charge is 2.07. The molecule has 0 aliphatic rings. The summed E-state index contributed by atoms with van der Waals surface area (Å²) >= 11 is 0. The zero-order chi connectivity index (χ0) is 9.97.